The van der Waals surface area contributed by atoms with Crippen LogP contribution in [0.2, 0.25) is 0 Å². The molecule has 23 saturated heterocycles. The van der Waals surface area contributed by atoms with E-state index in [0.717, 1.165) is 0 Å². The molecule has 34 heteroatoms. The summed E-state index contributed by atoms with van der Waals surface area (Å²) in [4.78, 5) is 10.5. The molecule has 70 heavy (non-hydrogen) atoms. The highest BCUT2D eigenvalue weighted by Gasteiger charge is 2.60. The third-order valence-electron chi connectivity index (χ3n) is 13.1. The van der Waals surface area contributed by atoms with Gasteiger partial charge < -0.3 is 148 Å². The zero-order chi connectivity index (χ0) is 50.5. The second kappa shape index (κ2) is 23.1. The molecule has 14 bridgehead atoms. The smallest absolute Gasteiger partial charge is 0.394 e. The second-order valence-corrected chi connectivity index (χ2v) is 18.2. The maximum Gasteiger partial charge on any atom is 0.834 e. The van der Waals surface area contributed by atoms with Crippen LogP contribution in [0, 0.1) is 0 Å². The van der Waals surface area contributed by atoms with E-state index in [-0.39, 0.29) is 0 Å². The van der Waals surface area contributed by atoms with Gasteiger partial charge in [0.15, 0.2) is 49.9 Å². The Bertz CT molecular complexity index is 1680. The first-order chi connectivity index (χ1) is 33.5. The fourth-order valence-electron chi connectivity index (χ4n) is 9.32. The van der Waals surface area contributed by atoms with Crippen molar-refractivity contribution >= 4 is 9.17 Å². The largest absolute Gasteiger partial charge is 0.834 e. The van der Waals surface area contributed by atoms with Crippen molar-refractivity contribution < 1.29 is 162 Å². The lowest BCUT2D eigenvalue weighted by molar-refractivity contribution is -0.418. The third-order valence-corrected chi connectivity index (χ3v) is 13.5. The highest BCUT2D eigenvalue weighted by atomic mass is 28.3. The summed E-state index contributed by atoms with van der Waals surface area (Å²) in [6.45, 7) is -6.13. The summed E-state index contributed by atoms with van der Waals surface area (Å²) in [5.74, 6) is 0. The van der Waals surface area contributed by atoms with Gasteiger partial charge in [-0.3, -0.25) is 4.46 Å². The summed E-state index contributed by atoms with van der Waals surface area (Å²) in [5.41, 5.74) is 0. The van der Waals surface area contributed by atoms with Gasteiger partial charge >= 0.3 is 9.17 Å². The molecule has 0 saturated carbocycles. The van der Waals surface area contributed by atoms with Gasteiger partial charge in [0.25, 0.3) is 0 Å². The lowest BCUT2D eigenvalue weighted by Crippen LogP contribution is -2.69. The Morgan fingerprint density at radius 3 is 0.686 bits per heavy atom. The molecule has 30 atom stereocenters. The topological polar surface area (TPSA) is 488 Å². The van der Waals surface area contributed by atoms with Gasteiger partial charge in [0.1, 0.15) is 134 Å². The van der Waals surface area contributed by atoms with E-state index < -0.39 is 233 Å². The summed E-state index contributed by atoms with van der Waals surface area (Å²) in [6, 6.07) is 0. The lowest BCUT2D eigenvalue weighted by Gasteiger charge is -2.50. The average Bonchev–Trinajstić information content (AvgIpc) is 3.36. The molecule has 33 nitrogen and oxygen atoms in total. The molecule has 0 aromatic rings. The number of hydrogen-bond acceptors (Lipinski definition) is 33. The SMILES string of the molecule is O=[Si]1OO[C@@H]2[C@@H](O)[C@H]3O[C@@H]4[C@H](OO1)[C@@H](O)[C@@H](O[C@H]1[C@H](O)[C@@H](O)[C@@H](O[C@H]5[C@H](O)[C@@H](O)[C@@H](O[C@H]6[C@H](O)[C@@H](O)[C@@H](O[C@H]7[C@H](O)[C@@H](O)[C@@H](O[C@H]2[C@@H](CO)O3)O[C@@H]7CO)O[C@@H]6CO)O[C@@H]5CO)O[C@@H]1CO)O[C@@H]4CO. The molecule has 0 amide bonds. The van der Waals surface area contributed by atoms with Crippen LogP contribution < -0.4 is 0 Å². The molecular formula is C36H58O33Si. The molecule has 23 fully saturated rings. The Morgan fingerprint density at radius 2 is 0.457 bits per heavy atom. The fraction of sp³-hybridized carbons (Fsp3) is 1.00. The molecule has 404 valence electrons. The first kappa shape index (κ1) is 54.7. The van der Waals surface area contributed by atoms with E-state index in [2.05, 4.69) is 0 Å². The Balaban J connectivity index is 1.14. The van der Waals surface area contributed by atoms with E-state index in [0.29, 0.717) is 0 Å². The maximum atomic E-state index is 13.0. The summed E-state index contributed by atoms with van der Waals surface area (Å²) < 4.78 is 91.7. The van der Waals surface area contributed by atoms with Gasteiger partial charge in [-0.05, 0) is 0 Å². The summed E-state index contributed by atoms with van der Waals surface area (Å²) in [6.07, 6.45) is -59.0. The molecule has 0 radical (unpaired) electrons. The number of hydrogen-bond donors (Lipinski definition) is 16. The molecule has 0 unspecified atom stereocenters. The number of aliphatic hydroxyl groups excluding tert-OH is 16. The highest BCUT2D eigenvalue weighted by Crippen LogP contribution is 2.39. The van der Waals surface area contributed by atoms with Gasteiger partial charge in [-0.15, -0.1) is 0 Å². The minimum absolute atomic E-state index is 1.01. The second-order valence-electron chi connectivity index (χ2n) is 17.4. The first-order valence-corrected chi connectivity index (χ1v) is 23.2. The van der Waals surface area contributed by atoms with E-state index in [1.54, 1.807) is 0 Å². The minimum Gasteiger partial charge on any atom is -0.394 e. The zero-order valence-corrected chi connectivity index (χ0v) is 37.2. The van der Waals surface area contributed by atoms with Crippen LogP contribution in [-0.4, -0.2) is 315 Å². The molecule has 23 rings (SSSR count). The predicted molar refractivity (Wildman–Crippen MR) is 202 cm³/mol. The molecule has 0 aromatic heterocycles. The van der Waals surface area contributed by atoms with Crippen LogP contribution in [0.3, 0.4) is 0 Å². The quantitative estimate of drug-likeness (QED) is 0.0867. The van der Waals surface area contributed by atoms with Crippen molar-refractivity contribution in [1.82, 2.24) is 0 Å². The van der Waals surface area contributed by atoms with Crippen molar-refractivity contribution in [2.75, 3.05) is 39.6 Å². The summed E-state index contributed by atoms with van der Waals surface area (Å²) in [5, 5.41) is 176. The van der Waals surface area contributed by atoms with Crippen LogP contribution >= 0.6 is 0 Å². The average molecular weight is 1050 g/mol. The van der Waals surface area contributed by atoms with Crippen molar-refractivity contribution in [2.24, 2.45) is 0 Å². The molecule has 23 heterocycles. The van der Waals surface area contributed by atoms with Crippen molar-refractivity contribution in [1.29, 1.82) is 0 Å². The van der Waals surface area contributed by atoms with Gasteiger partial charge in [-0.25, -0.2) is 0 Å². The van der Waals surface area contributed by atoms with Crippen molar-refractivity contribution in [2.45, 2.75) is 184 Å². The van der Waals surface area contributed by atoms with Crippen molar-refractivity contribution in [3.05, 3.63) is 0 Å². The standard InChI is InChI=1S/C36H58O33Si/c37-1-7-23-14(44)18(48)32(55-7)62-25-9(3-39)57-34(20(50)16(25)46)64-27-11(5-41)59-36-22(52)30(27)67-69-70(53)68-66-29-21(51)35(58-12(6-42)28(29)65-36)63-26-10(4-40)56-33(19(49)15(26)45)61-24-8(2-38)54-31(60-23)17(47)13(24)43/h7-52H,1-6H2/t7-,8-,9-,10-,11-,12-,13-,14-,15-,16-,17-,18-,19-,20-,21-,22-,23-,24-,25-,26-,27+,28+,29-,30-,31-,32-,33-,34-,35-,36-/m1/s1. The third kappa shape index (κ3) is 10.5. The predicted octanol–water partition coefficient (Wildman–Crippen LogP) is -12.7. The fourth-order valence-corrected chi connectivity index (χ4v) is 9.73. The van der Waals surface area contributed by atoms with Crippen LogP contribution in [0.4, 0.5) is 0 Å². The molecule has 0 aromatic carbocycles. The van der Waals surface area contributed by atoms with E-state index in [1.807, 2.05) is 0 Å². The van der Waals surface area contributed by atoms with Crippen LogP contribution in [0.25, 0.3) is 0 Å². The van der Waals surface area contributed by atoms with Crippen LogP contribution in [0.15, 0.2) is 0 Å². The Kier molecular flexibility index (Phi) is 18.1. The van der Waals surface area contributed by atoms with Gasteiger partial charge in [0.2, 0.25) is 0 Å². The molecule has 23 aliphatic heterocycles. The Hall–Kier alpha value is -1.58. The van der Waals surface area contributed by atoms with E-state index in [1.165, 1.54) is 0 Å². The molecule has 0 spiro atoms. The maximum absolute atomic E-state index is 13.0. The number of aliphatic hydroxyl groups is 16. The normalized spacial score (nSPS) is 53.8. The molecular weight excluding hydrogens is 988 g/mol. The Morgan fingerprint density at radius 1 is 0.257 bits per heavy atom. The zero-order valence-electron chi connectivity index (χ0n) is 36.2. The summed E-state index contributed by atoms with van der Waals surface area (Å²) in [7, 11) is -4.03. The van der Waals surface area contributed by atoms with Crippen molar-refractivity contribution in [3.63, 3.8) is 0 Å². The summed E-state index contributed by atoms with van der Waals surface area (Å²) >= 11 is 0. The van der Waals surface area contributed by atoms with Gasteiger partial charge in [-0.2, -0.15) is 9.78 Å². The Labute approximate surface area is 394 Å². The minimum atomic E-state index is -4.03. The highest BCUT2D eigenvalue weighted by molar-refractivity contribution is 6.25. The molecule has 16 N–H and O–H groups in total. The number of ether oxygens (including phenoxy) is 12. The van der Waals surface area contributed by atoms with Crippen molar-refractivity contribution in [3.8, 4) is 0 Å². The molecule has 23 aliphatic rings. The van der Waals surface area contributed by atoms with E-state index in [4.69, 9.17) is 75.8 Å². The van der Waals surface area contributed by atoms with Crippen LogP contribution in [0.1, 0.15) is 0 Å². The number of rotatable bonds is 6. The molecule has 0 aliphatic carbocycles. The van der Waals surface area contributed by atoms with Gasteiger partial charge in [0, 0.05) is 0 Å². The monoisotopic (exact) mass is 1050 g/mol. The van der Waals surface area contributed by atoms with Crippen LogP contribution in [-0.2, 0) is 80.2 Å². The first-order valence-electron chi connectivity index (χ1n) is 22.0. The van der Waals surface area contributed by atoms with Crippen LogP contribution in [0.5, 0.6) is 0 Å². The lowest BCUT2D eigenvalue weighted by atomic mass is 9.94. The van der Waals surface area contributed by atoms with E-state index >= 15 is 0 Å². The van der Waals surface area contributed by atoms with Gasteiger partial charge in [-0.1, -0.05) is 0 Å². The van der Waals surface area contributed by atoms with Gasteiger partial charge in [0.05, 0.1) is 39.6 Å². The van der Waals surface area contributed by atoms with E-state index in [9.17, 15) is 86.2 Å².